The van der Waals surface area contributed by atoms with Gasteiger partial charge >= 0.3 is 0 Å². The highest BCUT2D eigenvalue weighted by Crippen LogP contribution is 2.16. The zero-order chi connectivity index (χ0) is 18.1. The van der Waals surface area contributed by atoms with Gasteiger partial charge in [0, 0.05) is 25.7 Å². The monoisotopic (exact) mass is 347 g/mol. The first-order valence-corrected chi connectivity index (χ1v) is 9.47. The Morgan fingerprint density at radius 2 is 2.04 bits per heavy atom. The number of likely N-dealkylation sites (N-methyl/N-ethyl adjacent to an activating group) is 1. The van der Waals surface area contributed by atoms with Gasteiger partial charge in [-0.2, -0.15) is 0 Å². The maximum atomic E-state index is 12.2. The third-order valence-electron chi connectivity index (χ3n) is 4.85. The molecule has 1 amide bonds. The van der Waals surface area contributed by atoms with Gasteiger partial charge in [-0.15, -0.1) is 0 Å². The number of amides is 1. The summed E-state index contributed by atoms with van der Waals surface area (Å²) in [5.41, 5.74) is 1.16. The molecule has 0 atom stereocenters. The summed E-state index contributed by atoms with van der Waals surface area (Å²) in [6.07, 6.45) is 3.04. The van der Waals surface area contributed by atoms with Gasteiger partial charge in [0.2, 0.25) is 5.91 Å². The first-order chi connectivity index (χ1) is 12.1. The first kappa shape index (κ1) is 19.7. The van der Waals surface area contributed by atoms with E-state index in [0.717, 1.165) is 56.8 Å². The lowest BCUT2D eigenvalue weighted by Gasteiger charge is -2.31. The minimum absolute atomic E-state index is 0.136. The SMILES string of the molecule is CCN1CCC(NC(=O)CN(C)CCCOc2ccccc2C)CC1. The lowest BCUT2D eigenvalue weighted by atomic mass is 10.1. The zero-order valence-corrected chi connectivity index (χ0v) is 16.0. The van der Waals surface area contributed by atoms with E-state index in [-0.39, 0.29) is 5.91 Å². The van der Waals surface area contributed by atoms with Crippen LogP contribution in [0.25, 0.3) is 0 Å². The smallest absolute Gasteiger partial charge is 0.234 e. The number of piperidine rings is 1. The van der Waals surface area contributed by atoms with Crippen LogP contribution in [0.15, 0.2) is 24.3 Å². The lowest BCUT2D eigenvalue weighted by molar-refractivity contribution is -0.123. The van der Waals surface area contributed by atoms with Crippen LogP contribution < -0.4 is 10.1 Å². The fourth-order valence-electron chi connectivity index (χ4n) is 3.23. The van der Waals surface area contributed by atoms with E-state index in [2.05, 4.69) is 35.0 Å². The number of nitrogens with one attached hydrogen (secondary N) is 1. The number of ether oxygens (including phenoxy) is 1. The van der Waals surface area contributed by atoms with Crippen LogP contribution in [0.1, 0.15) is 31.7 Å². The largest absolute Gasteiger partial charge is 0.493 e. The molecule has 1 aliphatic heterocycles. The molecule has 0 aliphatic carbocycles. The van der Waals surface area contributed by atoms with Gasteiger partial charge in [0.05, 0.1) is 13.2 Å². The van der Waals surface area contributed by atoms with Gasteiger partial charge in [-0.3, -0.25) is 9.69 Å². The number of nitrogens with zero attached hydrogens (tertiary/aromatic N) is 2. The normalized spacial score (nSPS) is 16.2. The fraction of sp³-hybridized carbons (Fsp3) is 0.650. The molecule has 1 heterocycles. The van der Waals surface area contributed by atoms with Crippen LogP contribution in [-0.2, 0) is 4.79 Å². The second kappa shape index (κ2) is 10.4. The molecule has 25 heavy (non-hydrogen) atoms. The summed E-state index contributed by atoms with van der Waals surface area (Å²) >= 11 is 0. The van der Waals surface area contributed by atoms with E-state index in [4.69, 9.17) is 4.74 Å². The van der Waals surface area contributed by atoms with Crippen LogP contribution in [0.5, 0.6) is 5.75 Å². The summed E-state index contributed by atoms with van der Waals surface area (Å²) in [7, 11) is 1.99. The Morgan fingerprint density at radius 3 is 2.72 bits per heavy atom. The molecule has 5 heteroatoms. The molecule has 1 saturated heterocycles. The number of rotatable bonds is 9. The second-order valence-electron chi connectivity index (χ2n) is 6.98. The Kier molecular flexibility index (Phi) is 8.22. The molecule has 2 rings (SSSR count). The predicted molar refractivity (Wildman–Crippen MR) is 102 cm³/mol. The highest BCUT2D eigenvalue weighted by molar-refractivity contribution is 5.78. The molecule has 1 aromatic rings. The van der Waals surface area contributed by atoms with Crippen molar-refractivity contribution in [2.75, 3.05) is 46.4 Å². The van der Waals surface area contributed by atoms with Crippen molar-refractivity contribution in [3.8, 4) is 5.75 Å². The van der Waals surface area contributed by atoms with E-state index in [1.807, 2.05) is 25.2 Å². The van der Waals surface area contributed by atoms with E-state index in [9.17, 15) is 4.79 Å². The molecule has 0 unspecified atom stereocenters. The van der Waals surface area contributed by atoms with E-state index in [1.165, 1.54) is 0 Å². The van der Waals surface area contributed by atoms with Crippen molar-refractivity contribution in [1.29, 1.82) is 0 Å². The molecule has 0 saturated carbocycles. The van der Waals surface area contributed by atoms with E-state index in [0.29, 0.717) is 19.2 Å². The number of carbonyl (C=O) groups excluding carboxylic acids is 1. The van der Waals surface area contributed by atoms with Gasteiger partial charge < -0.3 is 15.0 Å². The number of aryl methyl sites for hydroxylation is 1. The third-order valence-corrected chi connectivity index (χ3v) is 4.85. The summed E-state index contributed by atoms with van der Waals surface area (Å²) in [5.74, 6) is 1.08. The number of hydrogen-bond acceptors (Lipinski definition) is 4. The van der Waals surface area contributed by atoms with Gasteiger partial charge in [0.1, 0.15) is 5.75 Å². The van der Waals surface area contributed by atoms with Crippen molar-refractivity contribution in [2.45, 2.75) is 39.2 Å². The standard InChI is InChI=1S/C20H33N3O2/c1-4-23-13-10-18(11-14-23)21-20(24)16-22(3)12-7-15-25-19-9-6-5-8-17(19)2/h5-6,8-9,18H,4,7,10-16H2,1-3H3,(H,21,24). The predicted octanol–water partition coefficient (Wildman–Crippen LogP) is 2.30. The summed E-state index contributed by atoms with van der Waals surface area (Å²) in [5, 5.41) is 3.18. The highest BCUT2D eigenvalue weighted by atomic mass is 16.5. The molecular formula is C20H33N3O2. The Bertz CT molecular complexity index is 527. The minimum Gasteiger partial charge on any atom is -0.493 e. The van der Waals surface area contributed by atoms with E-state index >= 15 is 0 Å². The quantitative estimate of drug-likeness (QED) is 0.696. The highest BCUT2D eigenvalue weighted by Gasteiger charge is 2.19. The Labute approximate surface area is 152 Å². The average molecular weight is 348 g/mol. The maximum absolute atomic E-state index is 12.2. The molecule has 0 bridgehead atoms. The number of hydrogen-bond donors (Lipinski definition) is 1. The van der Waals surface area contributed by atoms with Crippen molar-refractivity contribution in [3.05, 3.63) is 29.8 Å². The summed E-state index contributed by atoms with van der Waals surface area (Å²) in [6.45, 7) is 9.51. The summed E-state index contributed by atoms with van der Waals surface area (Å²) in [6, 6.07) is 8.39. The molecular weight excluding hydrogens is 314 g/mol. The van der Waals surface area contributed by atoms with Crippen molar-refractivity contribution in [3.63, 3.8) is 0 Å². The van der Waals surface area contributed by atoms with Gasteiger partial charge in [0.25, 0.3) is 0 Å². The molecule has 0 radical (unpaired) electrons. The second-order valence-corrected chi connectivity index (χ2v) is 6.98. The van der Waals surface area contributed by atoms with Gasteiger partial charge in [-0.1, -0.05) is 25.1 Å². The lowest BCUT2D eigenvalue weighted by Crippen LogP contribution is -2.47. The number of para-hydroxylation sites is 1. The van der Waals surface area contributed by atoms with Crippen LogP contribution in [0.4, 0.5) is 0 Å². The fourth-order valence-corrected chi connectivity index (χ4v) is 3.23. The summed E-state index contributed by atoms with van der Waals surface area (Å²) in [4.78, 5) is 16.7. The zero-order valence-electron chi connectivity index (χ0n) is 16.0. The molecule has 0 aromatic heterocycles. The maximum Gasteiger partial charge on any atom is 0.234 e. The number of likely N-dealkylation sites (tertiary alicyclic amines) is 1. The Hall–Kier alpha value is -1.59. The summed E-state index contributed by atoms with van der Waals surface area (Å²) < 4.78 is 5.80. The van der Waals surface area contributed by atoms with Crippen LogP contribution in [-0.4, -0.2) is 68.1 Å². The van der Waals surface area contributed by atoms with E-state index < -0.39 is 0 Å². The Morgan fingerprint density at radius 1 is 1.32 bits per heavy atom. The molecule has 1 N–H and O–H groups in total. The van der Waals surface area contributed by atoms with Gasteiger partial charge in [-0.05, 0) is 51.4 Å². The number of carbonyl (C=O) groups is 1. The van der Waals surface area contributed by atoms with Crippen molar-refractivity contribution in [2.24, 2.45) is 0 Å². The average Bonchev–Trinajstić information content (AvgIpc) is 2.60. The molecule has 1 fully saturated rings. The van der Waals surface area contributed by atoms with Crippen molar-refractivity contribution in [1.82, 2.24) is 15.1 Å². The van der Waals surface area contributed by atoms with Crippen LogP contribution in [0.2, 0.25) is 0 Å². The molecule has 1 aromatic carbocycles. The minimum atomic E-state index is 0.136. The first-order valence-electron chi connectivity index (χ1n) is 9.47. The third kappa shape index (κ3) is 7.04. The topological polar surface area (TPSA) is 44.8 Å². The molecule has 5 nitrogen and oxygen atoms in total. The van der Waals surface area contributed by atoms with Crippen molar-refractivity contribution >= 4 is 5.91 Å². The Balaban J connectivity index is 1.57. The van der Waals surface area contributed by atoms with Gasteiger partial charge in [0.15, 0.2) is 0 Å². The van der Waals surface area contributed by atoms with Crippen molar-refractivity contribution < 1.29 is 9.53 Å². The van der Waals surface area contributed by atoms with Crippen LogP contribution in [0.3, 0.4) is 0 Å². The van der Waals surface area contributed by atoms with E-state index in [1.54, 1.807) is 0 Å². The van der Waals surface area contributed by atoms with Crippen LogP contribution in [0, 0.1) is 6.92 Å². The molecule has 140 valence electrons. The number of benzene rings is 1. The van der Waals surface area contributed by atoms with Gasteiger partial charge in [-0.25, -0.2) is 0 Å². The molecule has 0 spiro atoms. The van der Waals surface area contributed by atoms with Crippen LogP contribution >= 0.6 is 0 Å². The molecule has 1 aliphatic rings.